The summed E-state index contributed by atoms with van der Waals surface area (Å²) in [6.07, 6.45) is 3.38. The van der Waals surface area contributed by atoms with E-state index in [9.17, 15) is 4.79 Å². The van der Waals surface area contributed by atoms with Gasteiger partial charge in [-0.15, -0.1) is 10.2 Å². The van der Waals surface area contributed by atoms with Crippen molar-refractivity contribution >= 4 is 21.8 Å². The molecule has 0 bridgehead atoms. The molecule has 6 nitrogen and oxygen atoms in total. The molecule has 0 aliphatic carbocycles. The molecule has 1 aromatic heterocycles. The van der Waals surface area contributed by atoms with E-state index in [-0.39, 0.29) is 12.5 Å². The summed E-state index contributed by atoms with van der Waals surface area (Å²) >= 11 is 3.39. The van der Waals surface area contributed by atoms with Crippen LogP contribution in [0.4, 0.5) is 0 Å². The van der Waals surface area contributed by atoms with Crippen LogP contribution >= 0.6 is 15.9 Å². The maximum atomic E-state index is 12.1. The number of piperidine rings is 1. The van der Waals surface area contributed by atoms with Crippen LogP contribution in [0.2, 0.25) is 0 Å². The Morgan fingerprint density at radius 1 is 1.14 bits per heavy atom. The first-order valence-corrected chi connectivity index (χ1v) is 7.83. The Hall–Kier alpha value is -1.76. The van der Waals surface area contributed by atoms with Crippen LogP contribution in [0, 0.1) is 0 Å². The van der Waals surface area contributed by atoms with E-state index in [0.29, 0.717) is 5.82 Å². The van der Waals surface area contributed by atoms with Gasteiger partial charge in [-0.1, -0.05) is 15.9 Å². The predicted octanol–water partition coefficient (Wildman–Crippen LogP) is 2.12. The van der Waals surface area contributed by atoms with Gasteiger partial charge in [-0.25, -0.2) is 0 Å². The van der Waals surface area contributed by atoms with E-state index in [1.54, 1.807) is 0 Å². The SMILES string of the molecule is O=C(Cn1nnc(-c2ccc(Br)cc2)n1)N1CCCCC1. The molecular weight excluding hydrogens is 334 g/mol. The van der Waals surface area contributed by atoms with Gasteiger partial charge in [0.25, 0.3) is 0 Å². The van der Waals surface area contributed by atoms with Gasteiger partial charge in [-0.2, -0.15) is 4.80 Å². The van der Waals surface area contributed by atoms with Crippen LogP contribution in [-0.2, 0) is 11.3 Å². The summed E-state index contributed by atoms with van der Waals surface area (Å²) in [5, 5.41) is 12.3. The molecule has 1 fully saturated rings. The van der Waals surface area contributed by atoms with Crippen LogP contribution in [-0.4, -0.2) is 44.1 Å². The lowest BCUT2D eigenvalue weighted by atomic mass is 10.1. The van der Waals surface area contributed by atoms with Crippen LogP contribution in [0.3, 0.4) is 0 Å². The topological polar surface area (TPSA) is 63.9 Å². The van der Waals surface area contributed by atoms with Crippen LogP contribution < -0.4 is 0 Å². The molecule has 2 heterocycles. The Kier molecular flexibility index (Phi) is 4.28. The number of nitrogens with zero attached hydrogens (tertiary/aromatic N) is 5. The Morgan fingerprint density at radius 2 is 1.86 bits per heavy atom. The highest BCUT2D eigenvalue weighted by Gasteiger charge is 2.18. The first kappa shape index (κ1) is 14.2. The fourth-order valence-corrected chi connectivity index (χ4v) is 2.65. The summed E-state index contributed by atoms with van der Waals surface area (Å²) in [6.45, 7) is 1.84. The number of rotatable bonds is 3. The molecule has 0 spiro atoms. The lowest BCUT2D eigenvalue weighted by molar-refractivity contribution is -0.133. The summed E-state index contributed by atoms with van der Waals surface area (Å²) in [6, 6.07) is 7.68. The van der Waals surface area contributed by atoms with Crippen molar-refractivity contribution in [1.82, 2.24) is 25.1 Å². The van der Waals surface area contributed by atoms with E-state index >= 15 is 0 Å². The molecule has 21 heavy (non-hydrogen) atoms. The van der Waals surface area contributed by atoms with Crippen LogP contribution in [0.1, 0.15) is 19.3 Å². The number of hydrogen-bond donors (Lipinski definition) is 0. The fraction of sp³-hybridized carbons (Fsp3) is 0.429. The second kappa shape index (κ2) is 6.34. The average Bonchev–Trinajstić information content (AvgIpc) is 2.97. The number of amides is 1. The molecule has 1 aliphatic heterocycles. The third-order valence-electron chi connectivity index (χ3n) is 3.54. The second-order valence-electron chi connectivity index (χ2n) is 5.09. The Labute approximate surface area is 131 Å². The second-order valence-corrected chi connectivity index (χ2v) is 6.01. The van der Waals surface area contributed by atoms with Crippen molar-refractivity contribution in [3.63, 3.8) is 0 Å². The number of carbonyl (C=O) groups is 1. The molecule has 2 aromatic rings. The number of carbonyl (C=O) groups excluding carboxylic acids is 1. The summed E-state index contributed by atoms with van der Waals surface area (Å²) in [4.78, 5) is 15.4. The van der Waals surface area contributed by atoms with Gasteiger partial charge in [0.05, 0.1) is 0 Å². The molecule has 0 saturated carbocycles. The highest BCUT2D eigenvalue weighted by molar-refractivity contribution is 9.10. The van der Waals surface area contributed by atoms with Gasteiger partial charge in [0.2, 0.25) is 11.7 Å². The quantitative estimate of drug-likeness (QED) is 0.851. The maximum Gasteiger partial charge on any atom is 0.246 e. The molecule has 7 heteroatoms. The highest BCUT2D eigenvalue weighted by atomic mass is 79.9. The smallest absolute Gasteiger partial charge is 0.246 e. The monoisotopic (exact) mass is 349 g/mol. The Morgan fingerprint density at radius 3 is 2.57 bits per heavy atom. The molecule has 0 unspecified atom stereocenters. The summed E-state index contributed by atoms with van der Waals surface area (Å²) in [5.74, 6) is 0.600. The van der Waals surface area contributed by atoms with Crippen molar-refractivity contribution in [2.45, 2.75) is 25.8 Å². The average molecular weight is 350 g/mol. The van der Waals surface area contributed by atoms with E-state index < -0.39 is 0 Å². The van der Waals surface area contributed by atoms with Crippen molar-refractivity contribution in [2.24, 2.45) is 0 Å². The number of hydrogen-bond acceptors (Lipinski definition) is 4. The molecule has 110 valence electrons. The van der Waals surface area contributed by atoms with E-state index in [1.165, 1.54) is 11.2 Å². The molecule has 1 amide bonds. The van der Waals surface area contributed by atoms with Gasteiger partial charge >= 0.3 is 0 Å². The van der Waals surface area contributed by atoms with Crippen molar-refractivity contribution < 1.29 is 4.79 Å². The predicted molar refractivity (Wildman–Crippen MR) is 81.4 cm³/mol. The van der Waals surface area contributed by atoms with Gasteiger partial charge in [0.15, 0.2) is 0 Å². The lowest BCUT2D eigenvalue weighted by Gasteiger charge is -2.26. The first-order chi connectivity index (χ1) is 10.2. The van der Waals surface area contributed by atoms with Gasteiger partial charge in [0.1, 0.15) is 6.54 Å². The molecule has 3 rings (SSSR count). The molecular formula is C14H16BrN5O. The number of halogens is 1. The van der Waals surface area contributed by atoms with Crippen LogP contribution in [0.25, 0.3) is 11.4 Å². The van der Waals surface area contributed by atoms with E-state index in [0.717, 1.165) is 36.0 Å². The highest BCUT2D eigenvalue weighted by Crippen LogP contribution is 2.17. The minimum absolute atomic E-state index is 0.0643. The zero-order valence-corrected chi connectivity index (χ0v) is 13.2. The largest absolute Gasteiger partial charge is 0.341 e. The van der Waals surface area contributed by atoms with Gasteiger partial charge in [0, 0.05) is 23.1 Å². The van der Waals surface area contributed by atoms with Crippen molar-refractivity contribution in [1.29, 1.82) is 0 Å². The Bertz CT molecular complexity index is 619. The van der Waals surface area contributed by atoms with Gasteiger partial charge in [-0.3, -0.25) is 4.79 Å². The Balaban J connectivity index is 1.67. The standard InChI is InChI=1S/C14H16BrN5O/c15-12-6-4-11(5-7-12)14-16-18-20(17-14)10-13(21)19-8-2-1-3-9-19/h4-7H,1-3,8-10H2. The van der Waals surface area contributed by atoms with Crippen LogP contribution in [0.5, 0.6) is 0 Å². The molecule has 1 aliphatic rings. The summed E-state index contributed by atoms with van der Waals surface area (Å²) in [5.41, 5.74) is 0.884. The minimum Gasteiger partial charge on any atom is -0.341 e. The van der Waals surface area contributed by atoms with Crippen molar-refractivity contribution in [3.8, 4) is 11.4 Å². The normalized spacial score (nSPS) is 15.2. The van der Waals surface area contributed by atoms with E-state index in [4.69, 9.17) is 0 Å². The van der Waals surface area contributed by atoms with Gasteiger partial charge in [-0.05, 0) is 48.7 Å². The third kappa shape index (κ3) is 3.47. The van der Waals surface area contributed by atoms with E-state index in [2.05, 4.69) is 31.3 Å². The summed E-state index contributed by atoms with van der Waals surface area (Å²) < 4.78 is 0.999. The van der Waals surface area contributed by atoms with Crippen LogP contribution in [0.15, 0.2) is 28.7 Å². The fourth-order valence-electron chi connectivity index (χ4n) is 2.39. The zero-order valence-electron chi connectivity index (χ0n) is 11.6. The zero-order chi connectivity index (χ0) is 14.7. The maximum absolute atomic E-state index is 12.1. The lowest BCUT2D eigenvalue weighted by Crippen LogP contribution is -2.38. The number of benzene rings is 1. The van der Waals surface area contributed by atoms with Crippen molar-refractivity contribution in [3.05, 3.63) is 28.7 Å². The number of tetrazole rings is 1. The van der Waals surface area contributed by atoms with Crippen molar-refractivity contribution in [2.75, 3.05) is 13.1 Å². The molecule has 0 radical (unpaired) electrons. The first-order valence-electron chi connectivity index (χ1n) is 7.04. The molecule has 1 saturated heterocycles. The van der Waals surface area contributed by atoms with Gasteiger partial charge < -0.3 is 4.90 Å². The number of likely N-dealkylation sites (tertiary alicyclic amines) is 1. The summed E-state index contributed by atoms with van der Waals surface area (Å²) in [7, 11) is 0. The number of aromatic nitrogens is 4. The molecule has 1 aromatic carbocycles. The minimum atomic E-state index is 0.0643. The van der Waals surface area contributed by atoms with E-state index in [1.807, 2.05) is 29.2 Å². The molecule has 0 atom stereocenters. The molecule has 0 N–H and O–H groups in total. The third-order valence-corrected chi connectivity index (χ3v) is 4.07.